The molecule has 1 aliphatic carbocycles. The van der Waals surface area contributed by atoms with Crippen LogP contribution >= 0.6 is 11.6 Å². The van der Waals surface area contributed by atoms with Crippen LogP contribution in [-0.2, 0) is 6.54 Å². The van der Waals surface area contributed by atoms with Gasteiger partial charge >= 0.3 is 6.03 Å². The monoisotopic (exact) mass is 544 g/mol. The SMILES string of the molecule is COc1ccc(-c2nc(-c3ccncc3)nn2CCN(C(=O)Nc2cc(C)ccc2C)C2CCCC2)cc1Cl. The van der Waals surface area contributed by atoms with E-state index in [-0.39, 0.29) is 12.1 Å². The van der Waals surface area contributed by atoms with Gasteiger partial charge in [0.25, 0.3) is 0 Å². The largest absolute Gasteiger partial charge is 0.495 e. The lowest BCUT2D eigenvalue weighted by Crippen LogP contribution is -2.43. The molecule has 4 aromatic rings. The van der Waals surface area contributed by atoms with E-state index in [1.54, 1.807) is 19.5 Å². The standard InChI is InChI=1S/C30H33ClN6O2/c1-20-8-9-21(2)26(18-20)33-30(38)36(24-6-4-5-7-24)16-17-37-29(23-10-11-27(39-3)25(31)19-23)34-28(35-37)22-12-14-32-15-13-22/h8-15,18-19,24H,4-7,16-17H2,1-3H3,(H,33,38). The number of halogens is 1. The molecule has 0 atom stereocenters. The van der Waals surface area contributed by atoms with Gasteiger partial charge in [0.2, 0.25) is 0 Å². The van der Waals surface area contributed by atoms with Crippen molar-refractivity contribution in [1.29, 1.82) is 0 Å². The van der Waals surface area contributed by atoms with E-state index in [2.05, 4.69) is 16.4 Å². The van der Waals surface area contributed by atoms with Crippen LogP contribution in [0.3, 0.4) is 0 Å². The van der Waals surface area contributed by atoms with E-state index in [9.17, 15) is 4.79 Å². The number of urea groups is 1. The second-order valence-electron chi connectivity index (χ2n) is 9.95. The van der Waals surface area contributed by atoms with Crippen LogP contribution in [0.15, 0.2) is 60.9 Å². The lowest BCUT2D eigenvalue weighted by atomic mass is 10.1. The molecular formula is C30H33ClN6O2. The lowest BCUT2D eigenvalue weighted by Gasteiger charge is -2.29. The Morgan fingerprint density at radius 1 is 1.08 bits per heavy atom. The minimum absolute atomic E-state index is 0.0842. The highest BCUT2D eigenvalue weighted by atomic mass is 35.5. The van der Waals surface area contributed by atoms with E-state index in [4.69, 9.17) is 26.4 Å². The van der Waals surface area contributed by atoms with Crippen molar-refractivity contribution in [3.05, 3.63) is 77.1 Å². The number of carbonyl (C=O) groups is 1. The van der Waals surface area contributed by atoms with Crippen molar-refractivity contribution in [2.75, 3.05) is 19.0 Å². The average molecular weight is 545 g/mol. The Hall–Kier alpha value is -3.91. The molecule has 1 aliphatic rings. The van der Waals surface area contributed by atoms with E-state index in [0.29, 0.717) is 35.5 Å². The average Bonchev–Trinajstić information content (AvgIpc) is 3.62. The van der Waals surface area contributed by atoms with Crippen LogP contribution in [0.25, 0.3) is 22.8 Å². The Bertz CT molecular complexity index is 1450. The number of nitrogens with zero attached hydrogens (tertiary/aromatic N) is 5. The molecule has 2 aromatic heterocycles. The maximum Gasteiger partial charge on any atom is 0.322 e. The number of benzene rings is 2. The maximum atomic E-state index is 13.6. The zero-order valence-corrected chi connectivity index (χ0v) is 23.3. The molecule has 1 saturated carbocycles. The molecule has 202 valence electrons. The number of ether oxygens (including phenoxy) is 1. The third-order valence-electron chi connectivity index (χ3n) is 7.23. The molecule has 8 nitrogen and oxygen atoms in total. The predicted octanol–water partition coefficient (Wildman–Crippen LogP) is 6.76. The van der Waals surface area contributed by atoms with Crippen molar-refractivity contribution in [2.45, 2.75) is 52.1 Å². The highest BCUT2D eigenvalue weighted by Gasteiger charge is 2.27. The first-order chi connectivity index (χ1) is 18.9. The first-order valence-corrected chi connectivity index (χ1v) is 13.6. The van der Waals surface area contributed by atoms with Gasteiger partial charge in [-0.1, -0.05) is 36.6 Å². The summed E-state index contributed by atoms with van der Waals surface area (Å²) in [7, 11) is 1.59. The number of aryl methyl sites for hydroxylation is 2. The topological polar surface area (TPSA) is 85.2 Å². The summed E-state index contributed by atoms with van der Waals surface area (Å²) in [6.07, 6.45) is 7.70. The molecular weight excluding hydrogens is 512 g/mol. The Kier molecular flexibility index (Phi) is 8.12. The number of methoxy groups -OCH3 is 1. The summed E-state index contributed by atoms with van der Waals surface area (Å²) in [5, 5.41) is 8.50. The smallest absolute Gasteiger partial charge is 0.322 e. The Morgan fingerprint density at radius 2 is 1.85 bits per heavy atom. The molecule has 5 rings (SSSR count). The third kappa shape index (κ3) is 6.06. The molecule has 0 radical (unpaired) electrons. The van der Waals surface area contributed by atoms with Gasteiger partial charge in [0.1, 0.15) is 5.75 Å². The van der Waals surface area contributed by atoms with E-state index in [1.165, 1.54) is 0 Å². The molecule has 0 unspecified atom stereocenters. The van der Waals surface area contributed by atoms with E-state index >= 15 is 0 Å². The number of aromatic nitrogens is 4. The molecule has 39 heavy (non-hydrogen) atoms. The van der Waals surface area contributed by atoms with Gasteiger partial charge < -0.3 is 15.0 Å². The second-order valence-corrected chi connectivity index (χ2v) is 10.4. The minimum Gasteiger partial charge on any atom is -0.495 e. The van der Waals surface area contributed by atoms with Gasteiger partial charge in [-0.3, -0.25) is 4.98 Å². The fraction of sp³-hybridized carbons (Fsp3) is 0.333. The first-order valence-electron chi connectivity index (χ1n) is 13.3. The summed E-state index contributed by atoms with van der Waals surface area (Å²) < 4.78 is 7.20. The third-order valence-corrected chi connectivity index (χ3v) is 7.53. The van der Waals surface area contributed by atoms with Crippen LogP contribution < -0.4 is 10.1 Å². The lowest BCUT2D eigenvalue weighted by molar-refractivity contribution is 0.184. The highest BCUT2D eigenvalue weighted by molar-refractivity contribution is 6.32. The number of anilines is 1. The molecule has 9 heteroatoms. The Balaban J connectivity index is 1.45. The van der Waals surface area contributed by atoms with Crippen molar-refractivity contribution in [2.24, 2.45) is 0 Å². The van der Waals surface area contributed by atoms with Gasteiger partial charge in [0.05, 0.1) is 18.7 Å². The van der Waals surface area contributed by atoms with Gasteiger partial charge in [-0.2, -0.15) is 5.10 Å². The number of nitrogens with one attached hydrogen (secondary N) is 1. The summed E-state index contributed by atoms with van der Waals surface area (Å²) in [5.74, 6) is 1.86. The summed E-state index contributed by atoms with van der Waals surface area (Å²) >= 11 is 6.46. The van der Waals surface area contributed by atoms with Gasteiger partial charge in [0, 0.05) is 41.8 Å². The van der Waals surface area contributed by atoms with Crippen molar-refractivity contribution < 1.29 is 9.53 Å². The fourth-order valence-corrected chi connectivity index (χ4v) is 5.32. The molecule has 0 bridgehead atoms. The summed E-state index contributed by atoms with van der Waals surface area (Å²) in [5.41, 5.74) is 4.68. The number of hydrogen-bond acceptors (Lipinski definition) is 5. The van der Waals surface area contributed by atoms with Crippen LogP contribution in [0.1, 0.15) is 36.8 Å². The van der Waals surface area contributed by atoms with Crippen LogP contribution in [-0.4, -0.2) is 50.4 Å². The van der Waals surface area contributed by atoms with Gasteiger partial charge in [0.15, 0.2) is 11.6 Å². The van der Waals surface area contributed by atoms with Crippen molar-refractivity contribution in [3.8, 4) is 28.5 Å². The van der Waals surface area contributed by atoms with E-state index < -0.39 is 0 Å². The summed E-state index contributed by atoms with van der Waals surface area (Å²) in [6, 6.07) is 15.6. The maximum absolute atomic E-state index is 13.6. The quantitative estimate of drug-likeness (QED) is 0.265. The van der Waals surface area contributed by atoms with Gasteiger partial charge in [-0.25, -0.2) is 14.5 Å². The number of rotatable bonds is 8. The molecule has 0 aliphatic heterocycles. The van der Waals surface area contributed by atoms with Crippen LogP contribution in [0.4, 0.5) is 10.5 Å². The van der Waals surface area contributed by atoms with Crippen LogP contribution in [0.2, 0.25) is 5.02 Å². The minimum atomic E-state index is -0.0842. The zero-order valence-electron chi connectivity index (χ0n) is 22.5. The highest BCUT2D eigenvalue weighted by Crippen LogP contribution is 2.31. The zero-order chi connectivity index (χ0) is 27.4. The Labute approximate surface area is 234 Å². The molecule has 0 spiro atoms. The van der Waals surface area contributed by atoms with Gasteiger partial charge in [-0.05, 0) is 74.2 Å². The van der Waals surface area contributed by atoms with Crippen molar-refractivity contribution in [1.82, 2.24) is 24.6 Å². The van der Waals surface area contributed by atoms with Crippen LogP contribution in [0.5, 0.6) is 5.75 Å². The summed E-state index contributed by atoms with van der Waals surface area (Å²) in [4.78, 5) is 24.6. The number of amides is 2. The summed E-state index contributed by atoms with van der Waals surface area (Å²) in [6.45, 7) is 5.02. The second kappa shape index (κ2) is 11.9. The fourth-order valence-electron chi connectivity index (χ4n) is 5.07. The molecule has 0 saturated heterocycles. The molecule has 2 aromatic carbocycles. The molecule has 1 N–H and O–H groups in total. The number of carbonyl (C=O) groups excluding carboxylic acids is 1. The normalized spacial score (nSPS) is 13.4. The number of hydrogen-bond donors (Lipinski definition) is 1. The number of pyridine rings is 1. The van der Waals surface area contributed by atoms with Gasteiger partial charge in [-0.15, -0.1) is 0 Å². The molecule has 1 fully saturated rings. The van der Waals surface area contributed by atoms with E-state index in [1.807, 2.05) is 65.9 Å². The van der Waals surface area contributed by atoms with Crippen molar-refractivity contribution >= 4 is 23.3 Å². The van der Waals surface area contributed by atoms with Crippen LogP contribution in [0, 0.1) is 13.8 Å². The predicted molar refractivity (Wildman–Crippen MR) is 154 cm³/mol. The Morgan fingerprint density at radius 3 is 2.56 bits per heavy atom. The van der Waals surface area contributed by atoms with Crippen molar-refractivity contribution in [3.63, 3.8) is 0 Å². The molecule has 2 heterocycles. The molecule has 2 amide bonds. The van der Waals surface area contributed by atoms with E-state index in [0.717, 1.165) is 53.6 Å². The first kappa shape index (κ1) is 26.7.